The van der Waals surface area contributed by atoms with Crippen LogP contribution in [0.25, 0.3) is 44.7 Å². The third-order valence-electron chi connectivity index (χ3n) is 13.4. The molecule has 2 aromatic carbocycles. The van der Waals surface area contributed by atoms with Crippen LogP contribution < -0.4 is 15.4 Å². The number of ether oxygens (including phenoxy) is 4. The fourth-order valence-corrected chi connectivity index (χ4v) is 10.9. The number of aromatic amines is 2. The molecule has 2 fully saturated rings. The van der Waals surface area contributed by atoms with Crippen molar-refractivity contribution in [2.45, 2.75) is 90.2 Å². The molecule has 17 nitrogen and oxygen atoms in total. The number of thiophene rings is 1. The van der Waals surface area contributed by atoms with E-state index < -0.39 is 36.3 Å². The van der Waals surface area contributed by atoms with Gasteiger partial charge in [0.05, 0.1) is 78.3 Å². The highest BCUT2D eigenvalue weighted by Crippen LogP contribution is 2.48. The monoisotopic (exact) mass is 963 g/mol. The van der Waals surface area contributed by atoms with E-state index in [1.807, 2.05) is 68.7 Å². The highest BCUT2D eigenvalue weighted by Gasteiger charge is 2.40. The molecule has 4 N–H and O–H groups in total. The molecule has 0 spiro atoms. The molecular weight excluding hydrogens is 906 g/mol. The third-order valence-corrected chi connectivity index (χ3v) is 14.6. The molecule has 2 saturated heterocycles. The molecule has 3 aliphatic heterocycles. The average molecular weight is 964 g/mol. The number of hydrogen-bond acceptors (Lipinski definition) is 11. The average Bonchev–Trinajstić information content (AvgIpc) is 4.20. The largest absolute Gasteiger partial charge is 0.464 e. The van der Waals surface area contributed by atoms with Gasteiger partial charge in [0.1, 0.15) is 35.3 Å². The maximum Gasteiger partial charge on any atom is 0.407 e. The Labute approximate surface area is 403 Å². The lowest BCUT2D eigenvalue weighted by Gasteiger charge is -2.30. The Morgan fingerprint density at radius 2 is 1.39 bits per heavy atom. The van der Waals surface area contributed by atoms with Gasteiger partial charge in [-0.25, -0.2) is 23.9 Å². The number of fused-ring (bicyclic) bond motifs is 5. The van der Waals surface area contributed by atoms with E-state index in [9.17, 15) is 19.2 Å². The van der Waals surface area contributed by atoms with Gasteiger partial charge in [0.2, 0.25) is 18.0 Å². The number of methoxy groups -OCH3 is 3. The number of likely N-dealkylation sites (tertiary alicyclic amines) is 2. The van der Waals surface area contributed by atoms with Crippen molar-refractivity contribution < 1.29 is 42.5 Å². The summed E-state index contributed by atoms with van der Waals surface area (Å²) < 4.78 is 40.8. The SMILES string of the molecule is COCCc1ccc(C2Oc3cc(-c4cnc([C@@H]5CCCN5C(=O)C(NC(=O)OC)C(C)C)[nH]4)cc(F)c3-c3cc4cc(-c5cnc([C@@H]6CCCN6C(=O)C(NC(=O)OC)C(C)C)[nH]5)ccc4n32)s1. The Morgan fingerprint density at radius 1 is 0.797 bits per heavy atom. The Kier molecular flexibility index (Phi) is 13.5. The van der Waals surface area contributed by atoms with E-state index in [4.69, 9.17) is 28.9 Å². The van der Waals surface area contributed by atoms with Crippen LogP contribution in [0.5, 0.6) is 5.75 Å². The molecule has 364 valence electrons. The van der Waals surface area contributed by atoms with Gasteiger partial charge in [0, 0.05) is 48.0 Å². The minimum Gasteiger partial charge on any atom is -0.464 e. The fourth-order valence-electron chi connectivity index (χ4n) is 9.84. The van der Waals surface area contributed by atoms with E-state index in [1.54, 1.807) is 40.6 Å². The molecule has 0 saturated carbocycles. The summed E-state index contributed by atoms with van der Waals surface area (Å²) in [6, 6.07) is 13.3. The molecule has 0 radical (unpaired) electrons. The number of carbonyl (C=O) groups is 4. The van der Waals surface area contributed by atoms with Gasteiger partial charge in [-0.1, -0.05) is 33.8 Å². The summed E-state index contributed by atoms with van der Waals surface area (Å²) in [5.74, 6) is 0.373. The zero-order chi connectivity index (χ0) is 48.7. The van der Waals surface area contributed by atoms with Gasteiger partial charge >= 0.3 is 12.2 Å². The van der Waals surface area contributed by atoms with Gasteiger partial charge in [-0.15, -0.1) is 11.3 Å². The third kappa shape index (κ3) is 9.16. The van der Waals surface area contributed by atoms with E-state index in [-0.39, 0.29) is 35.7 Å². The number of nitrogens with zero attached hydrogens (tertiary/aromatic N) is 5. The van der Waals surface area contributed by atoms with Gasteiger partial charge in [-0.2, -0.15) is 0 Å². The summed E-state index contributed by atoms with van der Waals surface area (Å²) in [5.41, 5.74) is 4.54. The number of amides is 4. The number of hydrogen-bond donors (Lipinski definition) is 4. The van der Waals surface area contributed by atoms with Crippen molar-refractivity contribution in [2.24, 2.45) is 11.8 Å². The summed E-state index contributed by atoms with van der Waals surface area (Å²) in [7, 11) is 4.22. The lowest BCUT2D eigenvalue weighted by molar-refractivity contribution is -0.136. The summed E-state index contributed by atoms with van der Waals surface area (Å²) in [6.07, 6.45) is 5.14. The first-order valence-corrected chi connectivity index (χ1v) is 24.2. The van der Waals surface area contributed by atoms with E-state index in [2.05, 4.69) is 26.7 Å². The summed E-state index contributed by atoms with van der Waals surface area (Å²) >= 11 is 1.62. The van der Waals surface area contributed by atoms with Crippen molar-refractivity contribution in [3.05, 3.63) is 88.1 Å². The predicted octanol–water partition coefficient (Wildman–Crippen LogP) is 8.51. The van der Waals surface area contributed by atoms with Crippen LogP contribution in [0, 0.1) is 17.7 Å². The molecule has 69 heavy (non-hydrogen) atoms. The number of halogens is 1. The molecule has 6 aromatic rings. The van der Waals surface area contributed by atoms with E-state index in [0.717, 1.165) is 57.6 Å². The molecule has 5 atom stereocenters. The highest BCUT2D eigenvalue weighted by atomic mass is 32.1. The molecule has 4 aromatic heterocycles. The van der Waals surface area contributed by atoms with Crippen LogP contribution in [-0.4, -0.2) is 111 Å². The van der Waals surface area contributed by atoms with Gasteiger partial charge in [-0.3, -0.25) is 14.2 Å². The minimum absolute atomic E-state index is 0.156. The molecular formula is C50H58FN9O8S. The van der Waals surface area contributed by atoms with E-state index in [1.165, 1.54) is 20.3 Å². The predicted molar refractivity (Wildman–Crippen MR) is 257 cm³/mol. The maximum absolute atomic E-state index is 16.9. The topological polar surface area (TPSA) is 198 Å². The number of benzene rings is 2. The first-order chi connectivity index (χ1) is 33.3. The molecule has 19 heteroatoms. The lowest BCUT2D eigenvalue weighted by atomic mass is 10.0. The fraction of sp³-hybridized carbons (Fsp3) is 0.440. The molecule has 0 aliphatic carbocycles. The molecule has 4 amide bonds. The van der Waals surface area contributed by atoms with Crippen LogP contribution in [-0.2, 0) is 30.2 Å². The van der Waals surface area contributed by atoms with Crippen molar-refractivity contribution >= 4 is 46.2 Å². The van der Waals surface area contributed by atoms with Crippen LogP contribution in [0.2, 0.25) is 0 Å². The summed E-state index contributed by atoms with van der Waals surface area (Å²) in [6.45, 7) is 9.12. The van der Waals surface area contributed by atoms with Crippen LogP contribution in [0.15, 0.2) is 60.9 Å². The normalized spacial score (nSPS) is 18.6. The highest BCUT2D eigenvalue weighted by molar-refractivity contribution is 7.12. The number of H-pyrrole nitrogens is 2. The number of nitrogens with one attached hydrogen (secondary N) is 4. The lowest BCUT2D eigenvalue weighted by Crippen LogP contribution is -2.51. The molecule has 0 bridgehead atoms. The molecule has 7 heterocycles. The number of imidazole rings is 2. The van der Waals surface area contributed by atoms with Gasteiger partial charge in [-0.05, 0) is 80.0 Å². The number of aromatic nitrogens is 5. The van der Waals surface area contributed by atoms with Gasteiger partial charge in [0.25, 0.3) is 0 Å². The number of carbonyl (C=O) groups excluding carboxylic acids is 4. The van der Waals surface area contributed by atoms with Gasteiger partial charge < -0.3 is 49.3 Å². The second-order valence-corrected chi connectivity index (χ2v) is 19.7. The number of alkyl carbamates (subject to hydrolysis) is 2. The van der Waals surface area contributed by atoms with Crippen LogP contribution >= 0.6 is 11.3 Å². The molecule has 3 unspecified atom stereocenters. The first kappa shape index (κ1) is 47.3. The van der Waals surface area contributed by atoms with Crippen molar-refractivity contribution in [3.63, 3.8) is 0 Å². The smallest absolute Gasteiger partial charge is 0.407 e. The Balaban J connectivity index is 1.03. The van der Waals surface area contributed by atoms with Crippen molar-refractivity contribution in [1.29, 1.82) is 0 Å². The Hall–Kier alpha value is -6.73. The standard InChI is InChI=1S/C50H58FN9O8S/c1-26(2)42(56-49(63)66-6)46(61)58-17-8-10-36(58)44-52-24-33(54-44)28-12-14-35-30(20-28)22-38-41-32(51)21-29(23-39(41)68-48(60(35)38)40-15-13-31(69-40)16-19-65-5)34-25-53-45(55-34)37-11-9-18-59(37)47(62)43(27(3)4)57-50(64)67-7/h12-15,20-27,36-37,42-43,48H,8-11,16-19H2,1-7H3,(H,52,54)(H,53,55)(H,56,63)(H,57,64)/t36-,37-,42?,43?,48?/m0/s1. The summed E-state index contributed by atoms with van der Waals surface area (Å²) in [4.78, 5) is 73.8. The minimum atomic E-state index is -0.776. The van der Waals surface area contributed by atoms with E-state index >= 15 is 4.39 Å². The maximum atomic E-state index is 16.9. The quantitative estimate of drug-likeness (QED) is 0.0821. The Morgan fingerprint density at radius 3 is 1.96 bits per heavy atom. The van der Waals surface area contributed by atoms with Crippen LogP contribution in [0.3, 0.4) is 0 Å². The zero-order valence-electron chi connectivity index (χ0n) is 39.8. The van der Waals surface area contributed by atoms with Crippen molar-refractivity contribution in [1.82, 2.24) is 44.9 Å². The second-order valence-electron chi connectivity index (χ2n) is 18.5. The van der Waals surface area contributed by atoms with Crippen LogP contribution in [0.1, 0.15) is 93.1 Å². The Bertz CT molecular complexity index is 2890. The summed E-state index contributed by atoms with van der Waals surface area (Å²) in [5, 5.41) is 6.25. The molecule has 9 rings (SSSR count). The molecule has 3 aliphatic rings. The van der Waals surface area contributed by atoms with Crippen molar-refractivity contribution in [2.75, 3.05) is 41.0 Å². The van der Waals surface area contributed by atoms with E-state index in [0.29, 0.717) is 66.0 Å². The van der Waals surface area contributed by atoms with Gasteiger partial charge in [0.15, 0.2) is 0 Å². The van der Waals surface area contributed by atoms with Crippen LogP contribution in [0.4, 0.5) is 14.0 Å². The number of rotatable bonds is 14. The van der Waals surface area contributed by atoms with Crippen molar-refractivity contribution in [3.8, 4) is 39.5 Å². The first-order valence-electron chi connectivity index (χ1n) is 23.4. The second kappa shape index (κ2) is 19.7. The zero-order valence-corrected chi connectivity index (χ0v) is 40.6.